The molecular formula is C23H24N2O4S. The van der Waals surface area contributed by atoms with Gasteiger partial charge in [0.05, 0.1) is 17.2 Å². The molecule has 0 saturated carbocycles. The van der Waals surface area contributed by atoms with Crippen molar-refractivity contribution in [3.05, 3.63) is 83.9 Å². The third-order valence-electron chi connectivity index (χ3n) is 4.58. The third-order valence-corrected chi connectivity index (χ3v) is 6.36. The highest BCUT2D eigenvalue weighted by molar-refractivity contribution is 7.92. The molecule has 3 rings (SSSR count). The second-order valence-electron chi connectivity index (χ2n) is 6.75. The number of rotatable bonds is 7. The number of benzene rings is 3. The fraction of sp³-hybridized carbons (Fsp3) is 0.174. The lowest BCUT2D eigenvalue weighted by Crippen LogP contribution is -2.26. The highest BCUT2D eigenvalue weighted by Crippen LogP contribution is 2.23. The van der Waals surface area contributed by atoms with E-state index in [1.807, 2.05) is 26.0 Å². The van der Waals surface area contributed by atoms with Gasteiger partial charge in [0, 0.05) is 18.3 Å². The molecule has 156 valence electrons. The van der Waals surface area contributed by atoms with Gasteiger partial charge >= 0.3 is 0 Å². The van der Waals surface area contributed by atoms with Gasteiger partial charge in [-0.2, -0.15) is 0 Å². The van der Waals surface area contributed by atoms with Crippen LogP contribution in [0, 0.1) is 6.92 Å². The number of hydrogen-bond acceptors (Lipinski definition) is 4. The van der Waals surface area contributed by atoms with Crippen molar-refractivity contribution in [2.45, 2.75) is 18.7 Å². The average Bonchev–Trinajstić information content (AvgIpc) is 2.75. The Kier molecular flexibility index (Phi) is 6.42. The van der Waals surface area contributed by atoms with E-state index in [4.69, 9.17) is 4.74 Å². The Bertz CT molecular complexity index is 1120. The van der Waals surface area contributed by atoms with Crippen LogP contribution in [0.1, 0.15) is 22.8 Å². The van der Waals surface area contributed by atoms with Gasteiger partial charge in [0.2, 0.25) is 0 Å². The Hall–Kier alpha value is -3.32. The van der Waals surface area contributed by atoms with Gasteiger partial charge in [-0.1, -0.05) is 23.8 Å². The first-order chi connectivity index (χ1) is 14.3. The SMILES string of the molecule is CCOc1ccc(NC(=O)c2cccc(S(=O)(=O)N(C)c3ccc(C)cc3)c2)cc1. The van der Waals surface area contributed by atoms with E-state index >= 15 is 0 Å². The minimum absolute atomic E-state index is 0.0462. The zero-order chi connectivity index (χ0) is 21.7. The number of carbonyl (C=O) groups is 1. The Labute approximate surface area is 177 Å². The topological polar surface area (TPSA) is 75.7 Å². The Morgan fingerprint density at radius 1 is 1.00 bits per heavy atom. The number of amides is 1. The van der Waals surface area contributed by atoms with E-state index in [1.165, 1.54) is 23.5 Å². The summed E-state index contributed by atoms with van der Waals surface area (Å²) < 4.78 is 32.6. The summed E-state index contributed by atoms with van der Waals surface area (Å²) in [4.78, 5) is 12.7. The van der Waals surface area contributed by atoms with Crippen molar-refractivity contribution in [3.8, 4) is 5.75 Å². The maximum atomic E-state index is 13.0. The molecule has 0 saturated heterocycles. The molecule has 0 radical (unpaired) electrons. The van der Waals surface area contributed by atoms with Crippen LogP contribution in [0.25, 0.3) is 0 Å². The predicted molar refractivity (Wildman–Crippen MR) is 119 cm³/mol. The van der Waals surface area contributed by atoms with Gasteiger partial charge in [-0.05, 0) is 68.4 Å². The quantitative estimate of drug-likeness (QED) is 0.607. The Balaban J connectivity index is 1.80. The molecule has 6 nitrogen and oxygen atoms in total. The monoisotopic (exact) mass is 424 g/mol. The van der Waals surface area contributed by atoms with Crippen molar-refractivity contribution in [1.82, 2.24) is 0 Å². The van der Waals surface area contributed by atoms with Gasteiger partial charge in [0.15, 0.2) is 0 Å². The molecule has 30 heavy (non-hydrogen) atoms. The molecule has 1 amide bonds. The minimum Gasteiger partial charge on any atom is -0.494 e. The van der Waals surface area contributed by atoms with Crippen LogP contribution >= 0.6 is 0 Å². The van der Waals surface area contributed by atoms with Crippen molar-refractivity contribution >= 4 is 27.3 Å². The van der Waals surface area contributed by atoms with Crippen molar-refractivity contribution in [2.75, 3.05) is 23.3 Å². The van der Waals surface area contributed by atoms with Gasteiger partial charge in [0.25, 0.3) is 15.9 Å². The minimum atomic E-state index is -3.81. The average molecular weight is 425 g/mol. The molecule has 0 aliphatic rings. The third kappa shape index (κ3) is 4.80. The van der Waals surface area contributed by atoms with E-state index in [0.717, 1.165) is 5.56 Å². The molecule has 0 spiro atoms. The van der Waals surface area contributed by atoms with E-state index in [0.29, 0.717) is 23.7 Å². The second-order valence-corrected chi connectivity index (χ2v) is 8.72. The summed E-state index contributed by atoms with van der Waals surface area (Å²) in [5.41, 5.74) is 2.43. The zero-order valence-electron chi connectivity index (χ0n) is 17.1. The molecule has 0 heterocycles. The van der Waals surface area contributed by atoms with Crippen LogP contribution in [0.5, 0.6) is 5.75 Å². The Morgan fingerprint density at radius 2 is 1.67 bits per heavy atom. The lowest BCUT2D eigenvalue weighted by atomic mass is 10.2. The van der Waals surface area contributed by atoms with Crippen molar-refractivity contribution in [1.29, 1.82) is 0 Å². The first-order valence-electron chi connectivity index (χ1n) is 9.51. The lowest BCUT2D eigenvalue weighted by molar-refractivity contribution is 0.102. The van der Waals surface area contributed by atoms with E-state index in [1.54, 1.807) is 48.5 Å². The molecule has 1 N–H and O–H groups in total. The molecule has 0 aromatic heterocycles. The summed E-state index contributed by atoms with van der Waals surface area (Å²) in [5, 5.41) is 2.77. The number of sulfonamides is 1. The van der Waals surface area contributed by atoms with E-state index in [9.17, 15) is 13.2 Å². The fourth-order valence-electron chi connectivity index (χ4n) is 2.85. The maximum Gasteiger partial charge on any atom is 0.264 e. The molecule has 0 unspecified atom stereocenters. The first-order valence-corrected chi connectivity index (χ1v) is 10.9. The first kappa shape index (κ1) is 21.4. The summed E-state index contributed by atoms with van der Waals surface area (Å²) >= 11 is 0. The van der Waals surface area contributed by atoms with Crippen LogP contribution in [0.15, 0.2) is 77.7 Å². The summed E-state index contributed by atoms with van der Waals surface area (Å²) in [6, 6.07) is 20.2. The van der Waals surface area contributed by atoms with Gasteiger partial charge in [0.1, 0.15) is 5.75 Å². The van der Waals surface area contributed by atoms with Gasteiger partial charge in [-0.25, -0.2) is 8.42 Å². The van der Waals surface area contributed by atoms with Crippen molar-refractivity contribution in [3.63, 3.8) is 0 Å². The number of aryl methyl sites for hydroxylation is 1. The van der Waals surface area contributed by atoms with E-state index in [-0.39, 0.29) is 10.5 Å². The number of anilines is 2. The largest absolute Gasteiger partial charge is 0.494 e. The molecule has 0 fully saturated rings. The van der Waals surface area contributed by atoms with Gasteiger partial charge < -0.3 is 10.1 Å². The van der Waals surface area contributed by atoms with Crippen molar-refractivity contribution < 1.29 is 17.9 Å². The molecule has 7 heteroatoms. The van der Waals surface area contributed by atoms with Crippen LogP contribution in [-0.4, -0.2) is 28.0 Å². The number of ether oxygens (including phenoxy) is 1. The summed E-state index contributed by atoms with van der Waals surface area (Å²) in [5.74, 6) is 0.317. The van der Waals surface area contributed by atoms with E-state index in [2.05, 4.69) is 5.32 Å². The molecule has 0 aliphatic heterocycles. The van der Waals surface area contributed by atoms with Crippen LogP contribution in [0.2, 0.25) is 0 Å². The second kappa shape index (κ2) is 9.00. The van der Waals surface area contributed by atoms with Crippen LogP contribution in [0.4, 0.5) is 11.4 Å². The smallest absolute Gasteiger partial charge is 0.264 e. The molecule has 0 aliphatic carbocycles. The summed E-state index contributed by atoms with van der Waals surface area (Å²) in [7, 11) is -2.32. The molecular weight excluding hydrogens is 400 g/mol. The van der Waals surface area contributed by atoms with E-state index < -0.39 is 15.9 Å². The predicted octanol–water partition coefficient (Wildman–Crippen LogP) is 4.47. The molecule has 3 aromatic carbocycles. The fourth-order valence-corrected chi connectivity index (χ4v) is 4.10. The summed E-state index contributed by atoms with van der Waals surface area (Å²) in [6.45, 7) is 4.39. The highest BCUT2D eigenvalue weighted by Gasteiger charge is 2.22. The van der Waals surface area contributed by atoms with Gasteiger partial charge in [-0.15, -0.1) is 0 Å². The Morgan fingerprint density at radius 3 is 2.30 bits per heavy atom. The normalized spacial score (nSPS) is 11.0. The lowest BCUT2D eigenvalue weighted by Gasteiger charge is -2.20. The maximum absolute atomic E-state index is 13.0. The number of carbonyl (C=O) groups excluding carboxylic acids is 1. The van der Waals surface area contributed by atoms with Crippen molar-refractivity contribution in [2.24, 2.45) is 0 Å². The van der Waals surface area contributed by atoms with Crippen LogP contribution < -0.4 is 14.4 Å². The number of hydrogen-bond donors (Lipinski definition) is 1. The van der Waals surface area contributed by atoms with Crippen LogP contribution in [-0.2, 0) is 10.0 Å². The molecule has 3 aromatic rings. The molecule has 0 atom stereocenters. The number of nitrogens with zero attached hydrogens (tertiary/aromatic N) is 1. The zero-order valence-corrected chi connectivity index (χ0v) is 17.9. The van der Waals surface area contributed by atoms with Crippen LogP contribution in [0.3, 0.4) is 0 Å². The standard InChI is InChI=1S/C23H24N2O4S/c1-4-29-21-14-10-19(11-15-21)24-23(26)18-6-5-7-22(16-18)30(27,28)25(3)20-12-8-17(2)9-13-20/h5-16H,4H2,1-3H3,(H,24,26). The van der Waals surface area contributed by atoms with Gasteiger partial charge in [-0.3, -0.25) is 9.10 Å². The highest BCUT2D eigenvalue weighted by atomic mass is 32.2. The number of nitrogens with one attached hydrogen (secondary N) is 1. The summed E-state index contributed by atoms with van der Waals surface area (Å²) in [6.07, 6.45) is 0. The molecule has 0 bridgehead atoms.